The lowest BCUT2D eigenvalue weighted by molar-refractivity contribution is 0.311. The van der Waals surface area contributed by atoms with E-state index in [4.69, 9.17) is 17.9 Å². The molecule has 2 aromatic carbocycles. The van der Waals surface area contributed by atoms with Gasteiger partial charge in [0.05, 0.1) is 11.4 Å². The number of aromatic nitrogens is 3. The van der Waals surface area contributed by atoms with Crippen molar-refractivity contribution in [1.29, 1.82) is 0 Å². The summed E-state index contributed by atoms with van der Waals surface area (Å²) in [6.07, 6.45) is 0. The van der Waals surface area contributed by atoms with Crippen LogP contribution in [0.5, 0.6) is 0 Å². The van der Waals surface area contributed by atoms with Crippen LogP contribution in [0, 0.1) is 6.92 Å². The number of rotatable bonds is 3. The van der Waals surface area contributed by atoms with E-state index >= 15 is 0 Å². The third kappa shape index (κ3) is 3.37. The molecule has 0 atom stereocenters. The molecule has 0 N–H and O–H groups in total. The Morgan fingerprint density at radius 3 is 2.33 bits per heavy atom. The predicted octanol–water partition coefficient (Wildman–Crippen LogP) is 2.92. The predicted molar refractivity (Wildman–Crippen MR) is 124 cm³/mol. The van der Waals surface area contributed by atoms with E-state index in [-0.39, 0.29) is 0 Å². The maximum absolute atomic E-state index is 6.07. The summed E-state index contributed by atoms with van der Waals surface area (Å²) in [5.74, 6) is 1.08. The quantitative estimate of drug-likeness (QED) is 0.502. The summed E-state index contributed by atoms with van der Waals surface area (Å²) in [6, 6.07) is 20.5. The molecule has 1 aliphatic heterocycles. The van der Waals surface area contributed by atoms with Crippen molar-refractivity contribution in [2.24, 2.45) is 0 Å². The Bertz CT molecular complexity index is 1190. The molecule has 6 heteroatoms. The smallest absolute Gasteiger partial charge is 0.166 e. The third-order valence-corrected chi connectivity index (χ3v) is 5.82. The van der Waals surface area contributed by atoms with Gasteiger partial charge in [-0.1, -0.05) is 60.1 Å². The summed E-state index contributed by atoms with van der Waals surface area (Å²) < 4.78 is 2.01. The average Bonchev–Trinajstić information content (AvgIpc) is 3.10. The number of hydrogen-bond donors (Lipinski definition) is 0. The molecule has 1 fully saturated rings. The van der Waals surface area contributed by atoms with Gasteiger partial charge in [-0.2, -0.15) is 9.61 Å². The van der Waals surface area contributed by atoms with E-state index in [2.05, 4.69) is 60.2 Å². The molecule has 0 spiro atoms. The highest BCUT2D eigenvalue weighted by Gasteiger charge is 2.22. The summed E-state index contributed by atoms with van der Waals surface area (Å²) >= 11 is 0. The number of fused-ring (bicyclic) bond motifs is 1. The van der Waals surface area contributed by atoms with Crippen LogP contribution in [-0.4, -0.2) is 60.6 Å². The fourth-order valence-corrected chi connectivity index (χ4v) is 4.16. The number of likely N-dealkylation sites (N-methyl/N-ethyl adjacent to an activating group) is 1. The summed E-state index contributed by atoms with van der Waals surface area (Å²) in [5.41, 5.74) is 6.75. The SMILES string of the molecule is [B]c1cccc(-c2cc(N3CCN(C)CC3)n3nc(C)c(-c4ccccc4)c3n2)c1. The van der Waals surface area contributed by atoms with Crippen molar-refractivity contribution in [3.63, 3.8) is 0 Å². The maximum atomic E-state index is 6.07. The minimum atomic E-state index is 0.739. The third-order valence-electron chi connectivity index (χ3n) is 5.82. The Hall–Kier alpha value is -3.12. The van der Waals surface area contributed by atoms with E-state index in [1.165, 1.54) is 0 Å². The highest BCUT2D eigenvalue weighted by atomic mass is 15.4. The number of benzene rings is 2. The summed E-state index contributed by atoms with van der Waals surface area (Å²) in [4.78, 5) is 9.83. The molecule has 0 unspecified atom stereocenters. The molecule has 0 aliphatic carbocycles. The Morgan fingerprint density at radius 2 is 1.60 bits per heavy atom. The van der Waals surface area contributed by atoms with Crippen LogP contribution < -0.4 is 10.4 Å². The van der Waals surface area contributed by atoms with E-state index in [1.54, 1.807) is 0 Å². The molecule has 3 heterocycles. The fourth-order valence-electron chi connectivity index (χ4n) is 4.16. The molecule has 1 aliphatic rings. The average molecular weight is 393 g/mol. The fraction of sp³-hybridized carbons (Fsp3) is 0.250. The number of nitrogens with zero attached hydrogens (tertiary/aromatic N) is 5. The van der Waals surface area contributed by atoms with Gasteiger partial charge in [0.25, 0.3) is 0 Å². The van der Waals surface area contributed by atoms with Crippen molar-refractivity contribution in [3.8, 4) is 22.4 Å². The topological polar surface area (TPSA) is 36.7 Å². The van der Waals surface area contributed by atoms with Crippen LogP contribution in [0.25, 0.3) is 28.0 Å². The second kappa shape index (κ2) is 7.61. The van der Waals surface area contributed by atoms with E-state index < -0.39 is 0 Å². The van der Waals surface area contributed by atoms with Gasteiger partial charge in [-0.15, -0.1) is 0 Å². The van der Waals surface area contributed by atoms with Gasteiger partial charge in [-0.3, -0.25) is 0 Å². The first kappa shape index (κ1) is 18.9. The van der Waals surface area contributed by atoms with Gasteiger partial charge in [0.15, 0.2) is 5.65 Å². The van der Waals surface area contributed by atoms with Gasteiger partial charge in [0, 0.05) is 37.8 Å². The first-order valence-electron chi connectivity index (χ1n) is 10.4. The van der Waals surface area contributed by atoms with E-state index in [1.807, 2.05) is 28.8 Å². The summed E-state index contributed by atoms with van der Waals surface area (Å²) in [5, 5.41) is 4.91. The second-order valence-corrected chi connectivity index (χ2v) is 7.98. The van der Waals surface area contributed by atoms with Gasteiger partial charge in [-0.25, -0.2) is 4.98 Å². The van der Waals surface area contributed by atoms with Gasteiger partial charge in [0.2, 0.25) is 0 Å². The van der Waals surface area contributed by atoms with E-state index in [9.17, 15) is 0 Å². The zero-order valence-electron chi connectivity index (χ0n) is 17.4. The van der Waals surface area contributed by atoms with E-state index in [0.29, 0.717) is 0 Å². The van der Waals surface area contributed by atoms with Crippen molar-refractivity contribution in [1.82, 2.24) is 19.5 Å². The highest BCUT2D eigenvalue weighted by Crippen LogP contribution is 2.32. The Balaban J connectivity index is 1.75. The van der Waals surface area contributed by atoms with Crippen LogP contribution in [0.2, 0.25) is 0 Å². The first-order valence-corrected chi connectivity index (χ1v) is 10.4. The summed E-state index contributed by atoms with van der Waals surface area (Å²) in [7, 11) is 8.24. The molecule has 4 aromatic rings. The second-order valence-electron chi connectivity index (χ2n) is 7.98. The van der Waals surface area contributed by atoms with Crippen LogP contribution >= 0.6 is 0 Å². The molecule has 0 bridgehead atoms. The Morgan fingerprint density at radius 1 is 0.867 bits per heavy atom. The number of hydrogen-bond acceptors (Lipinski definition) is 4. The van der Waals surface area contributed by atoms with Gasteiger partial charge in [-0.05, 0) is 25.1 Å². The summed E-state index contributed by atoms with van der Waals surface area (Å²) in [6.45, 7) is 6.05. The van der Waals surface area contributed by atoms with Crippen LogP contribution in [0.1, 0.15) is 5.69 Å². The minimum Gasteiger partial charge on any atom is -0.354 e. The van der Waals surface area contributed by atoms with Crippen molar-refractivity contribution < 1.29 is 0 Å². The first-order chi connectivity index (χ1) is 14.6. The molecule has 2 radical (unpaired) electrons. The Kier molecular flexibility index (Phi) is 4.79. The van der Waals surface area contributed by atoms with Gasteiger partial charge in [0.1, 0.15) is 13.7 Å². The molecule has 0 amide bonds. The standard InChI is InChI=1S/C24H24BN5/c1-17-23(18-7-4-3-5-8-18)24-26-21(19-9-6-10-20(25)15-19)16-22(30(24)27-17)29-13-11-28(2)12-14-29/h3-10,15-16H,11-14H2,1-2H3. The van der Waals surface area contributed by atoms with Gasteiger partial charge >= 0.3 is 0 Å². The van der Waals surface area contributed by atoms with Gasteiger partial charge < -0.3 is 9.80 Å². The van der Waals surface area contributed by atoms with Crippen LogP contribution in [0.4, 0.5) is 5.82 Å². The molecule has 148 valence electrons. The van der Waals surface area contributed by atoms with Crippen molar-refractivity contribution in [2.75, 3.05) is 38.1 Å². The largest absolute Gasteiger partial charge is 0.354 e. The number of piperazine rings is 1. The zero-order chi connectivity index (χ0) is 20.7. The molecule has 5 rings (SSSR count). The number of anilines is 1. The lowest BCUT2D eigenvalue weighted by Gasteiger charge is -2.34. The van der Waals surface area contributed by atoms with Crippen molar-refractivity contribution in [2.45, 2.75) is 6.92 Å². The Labute approximate surface area is 178 Å². The molecular weight excluding hydrogens is 369 g/mol. The highest BCUT2D eigenvalue weighted by molar-refractivity contribution is 6.32. The van der Waals surface area contributed by atoms with Crippen LogP contribution in [0.3, 0.4) is 0 Å². The maximum Gasteiger partial charge on any atom is 0.166 e. The van der Waals surface area contributed by atoms with Crippen molar-refractivity contribution >= 4 is 24.8 Å². The van der Waals surface area contributed by atoms with Crippen LogP contribution in [0.15, 0.2) is 60.7 Å². The lowest BCUT2D eigenvalue weighted by Crippen LogP contribution is -2.45. The molecular formula is C24H24BN5. The molecule has 0 saturated carbocycles. The lowest BCUT2D eigenvalue weighted by atomic mass is 9.93. The molecule has 2 aromatic heterocycles. The van der Waals surface area contributed by atoms with E-state index in [0.717, 1.165) is 71.2 Å². The molecule has 1 saturated heterocycles. The van der Waals surface area contributed by atoms with Crippen LogP contribution in [-0.2, 0) is 0 Å². The molecule has 5 nitrogen and oxygen atoms in total. The zero-order valence-corrected chi connectivity index (χ0v) is 17.4. The number of aryl methyl sites for hydroxylation is 1. The monoisotopic (exact) mass is 393 g/mol. The van der Waals surface area contributed by atoms with Crippen molar-refractivity contribution in [3.05, 3.63) is 66.4 Å². The minimum absolute atomic E-state index is 0.739. The molecule has 30 heavy (non-hydrogen) atoms. The normalized spacial score (nSPS) is 15.1.